The molecule has 0 spiro atoms. The van der Waals surface area contributed by atoms with E-state index in [4.69, 9.17) is 0 Å². The van der Waals surface area contributed by atoms with Crippen LogP contribution in [0, 0.1) is 5.41 Å². The molecule has 102 valence electrons. The van der Waals surface area contributed by atoms with E-state index in [2.05, 4.69) is 0 Å². The maximum Gasteiger partial charge on any atom is 0.180 e. The number of hydrogen-bond donors (Lipinski definition) is 0. The van der Waals surface area contributed by atoms with Gasteiger partial charge < -0.3 is 0 Å². The van der Waals surface area contributed by atoms with Crippen LogP contribution in [0.25, 0.3) is 0 Å². The fourth-order valence-corrected chi connectivity index (χ4v) is 3.96. The molecule has 0 bridgehead atoms. The van der Waals surface area contributed by atoms with Crippen molar-refractivity contribution >= 4 is 9.84 Å². The van der Waals surface area contributed by atoms with Gasteiger partial charge >= 0.3 is 0 Å². The lowest BCUT2D eigenvalue weighted by Crippen LogP contribution is -2.34. The summed E-state index contributed by atoms with van der Waals surface area (Å²) in [6, 6.07) is 0. The molecule has 1 aliphatic carbocycles. The summed E-state index contributed by atoms with van der Waals surface area (Å²) in [4.78, 5) is 0.572. The highest BCUT2D eigenvalue weighted by Gasteiger charge is 2.39. The minimum Gasteiger partial charge on any atom is -0.223 e. The third-order valence-corrected chi connectivity index (χ3v) is 5.95. The fraction of sp³-hybridized carbons (Fsp3) is 0.600. The quantitative estimate of drug-likeness (QED) is 0.720. The second kappa shape index (κ2) is 4.69. The van der Waals surface area contributed by atoms with Gasteiger partial charge in [0, 0.05) is 0 Å². The van der Waals surface area contributed by atoms with Gasteiger partial charge in [0.15, 0.2) is 9.84 Å². The van der Waals surface area contributed by atoms with Crippen LogP contribution in [-0.2, 0) is 9.84 Å². The zero-order valence-electron chi connectivity index (χ0n) is 12.2. The lowest BCUT2D eigenvalue weighted by molar-refractivity contribution is 0.498. The van der Waals surface area contributed by atoms with Crippen molar-refractivity contribution in [1.29, 1.82) is 0 Å². The van der Waals surface area contributed by atoms with Crippen LogP contribution in [0.2, 0.25) is 0 Å². The maximum absolute atomic E-state index is 12.8. The average Bonchev–Trinajstić information content (AvgIpc) is 2.14. The molecule has 3 heteroatoms. The summed E-state index contributed by atoms with van der Waals surface area (Å²) in [5.74, 6) is 0. The minimum atomic E-state index is -3.30. The van der Waals surface area contributed by atoms with E-state index in [9.17, 15) is 8.42 Å². The second-order valence-corrected chi connectivity index (χ2v) is 9.35. The molecule has 0 amide bonds. The Balaban J connectivity index is 3.53. The van der Waals surface area contributed by atoms with E-state index in [1.165, 1.54) is 0 Å². The summed E-state index contributed by atoms with van der Waals surface area (Å²) in [6.45, 7) is 11.2. The molecule has 0 unspecified atom stereocenters. The third-order valence-electron chi connectivity index (χ3n) is 2.93. The molecule has 0 aromatic rings. The molecular formula is C15H24O2S. The summed E-state index contributed by atoms with van der Waals surface area (Å²) in [5.41, 5.74) is 0.539. The second-order valence-electron chi connectivity index (χ2n) is 6.71. The van der Waals surface area contributed by atoms with Crippen LogP contribution in [0.1, 0.15) is 48.0 Å². The van der Waals surface area contributed by atoms with Gasteiger partial charge in [-0.15, -0.1) is 0 Å². The molecule has 0 saturated carbocycles. The van der Waals surface area contributed by atoms with E-state index in [-0.39, 0.29) is 5.41 Å². The van der Waals surface area contributed by atoms with Gasteiger partial charge in [-0.2, -0.15) is 0 Å². The van der Waals surface area contributed by atoms with Gasteiger partial charge in [0.2, 0.25) is 0 Å². The fourth-order valence-electron chi connectivity index (χ4n) is 2.05. The van der Waals surface area contributed by atoms with E-state index >= 15 is 0 Å². The zero-order chi connectivity index (χ0) is 14.2. The van der Waals surface area contributed by atoms with Gasteiger partial charge in [-0.25, -0.2) is 8.42 Å². The highest BCUT2D eigenvalue weighted by molar-refractivity contribution is 7.96. The van der Waals surface area contributed by atoms with Crippen LogP contribution in [0.5, 0.6) is 0 Å². The molecule has 1 aliphatic rings. The summed E-state index contributed by atoms with van der Waals surface area (Å²) in [5, 5.41) is 0. The van der Waals surface area contributed by atoms with Crippen molar-refractivity contribution in [2.24, 2.45) is 5.41 Å². The van der Waals surface area contributed by atoms with E-state index < -0.39 is 14.6 Å². The van der Waals surface area contributed by atoms with Gasteiger partial charge in [0.05, 0.1) is 9.65 Å². The van der Waals surface area contributed by atoms with E-state index in [0.717, 1.165) is 5.57 Å². The Bertz CT molecular complexity index is 504. The van der Waals surface area contributed by atoms with Crippen molar-refractivity contribution in [3.63, 3.8) is 0 Å². The molecule has 0 N–H and O–H groups in total. The number of sulfone groups is 1. The smallest absolute Gasteiger partial charge is 0.180 e. The Morgan fingerprint density at radius 2 is 1.61 bits per heavy atom. The first-order valence-electron chi connectivity index (χ1n) is 6.29. The van der Waals surface area contributed by atoms with Gasteiger partial charge in [0.25, 0.3) is 0 Å². The summed E-state index contributed by atoms with van der Waals surface area (Å²) >= 11 is 0. The SMILES string of the molecule is CC(C)(C)/C(=C1\C=CC=CC1)S(=O)(=O)C(C)(C)C. The predicted octanol–water partition coefficient (Wildman–Crippen LogP) is 4.02. The first kappa shape index (κ1) is 15.2. The molecule has 0 fully saturated rings. The van der Waals surface area contributed by atoms with Crippen LogP contribution in [0.15, 0.2) is 34.8 Å². The lowest BCUT2D eigenvalue weighted by atomic mass is 9.91. The Hall–Kier alpha value is -0.830. The first-order valence-corrected chi connectivity index (χ1v) is 7.78. The average molecular weight is 268 g/mol. The standard InChI is InChI=1S/C15H24O2S/c1-14(2,3)13(12-10-8-7-9-11-12)18(16,17)15(4,5)6/h7-10H,11H2,1-6H3/b13-12-. The molecule has 18 heavy (non-hydrogen) atoms. The van der Waals surface area contributed by atoms with Crippen molar-refractivity contribution in [2.75, 3.05) is 0 Å². The Labute approximate surface area is 111 Å². The lowest BCUT2D eigenvalue weighted by Gasteiger charge is -2.31. The van der Waals surface area contributed by atoms with Crippen molar-refractivity contribution < 1.29 is 8.42 Å². The molecule has 0 atom stereocenters. The van der Waals surface area contributed by atoms with Gasteiger partial charge in [-0.05, 0) is 38.2 Å². The summed E-state index contributed by atoms with van der Waals surface area (Å²) in [7, 11) is -3.30. The van der Waals surface area contributed by atoms with Crippen LogP contribution < -0.4 is 0 Å². The van der Waals surface area contributed by atoms with Gasteiger partial charge in [-0.3, -0.25) is 0 Å². The first-order chi connectivity index (χ1) is 7.98. The number of hydrogen-bond acceptors (Lipinski definition) is 2. The topological polar surface area (TPSA) is 34.1 Å². The molecule has 0 aromatic carbocycles. The van der Waals surface area contributed by atoms with E-state index in [1.807, 2.05) is 45.1 Å². The van der Waals surface area contributed by atoms with Crippen LogP contribution in [0.3, 0.4) is 0 Å². The predicted molar refractivity (Wildman–Crippen MR) is 78.1 cm³/mol. The zero-order valence-corrected chi connectivity index (χ0v) is 13.1. The monoisotopic (exact) mass is 268 g/mol. The Morgan fingerprint density at radius 3 is 1.94 bits per heavy atom. The summed E-state index contributed by atoms with van der Waals surface area (Å²) in [6.07, 6.45) is 8.47. The largest absolute Gasteiger partial charge is 0.223 e. The van der Waals surface area contributed by atoms with Crippen molar-refractivity contribution in [2.45, 2.75) is 52.7 Å². The Kier molecular flexibility index (Phi) is 3.97. The van der Waals surface area contributed by atoms with Crippen molar-refractivity contribution in [1.82, 2.24) is 0 Å². The van der Waals surface area contributed by atoms with E-state index in [1.54, 1.807) is 20.8 Å². The molecule has 2 nitrogen and oxygen atoms in total. The van der Waals surface area contributed by atoms with Crippen LogP contribution >= 0.6 is 0 Å². The maximum atomic E-state index is 12.8. The summed E-state index contributed by atoms with van der Waals surface area (Å²) < 4.78 is 24.8. The molecular weight excluding hydrogens is 244 g/mol. The highest BCUT2D eigenvalue weighted by Crippen LogP contribution is 2.40. The highest BCUT2D eigenvalue weighted by atomic mass is 32.2. The normalized spacial score (nSPS) is 20.1. The van der Waals surface area contributed by atoms with Crippen LogP contribution in [0.4, 0.5) is 0 Å². The molecule has 0 saturated heterocycles. The molecule has 0 heterocycles. The van der Waals surface area contributed by atoms with Crippen molar-refractivity contribution in [3.8, 4) is 0 Å². The van der Waals surface area contributed by atoms with E-state index in [0.29, 0.717) is 11.3 Å². The molecule has 0 aromatic heterocycles. The van der Waals surface area contributed by atoms with Crippen molar-refractivity contribution in [3.05, 3.63) is 34.8 Å². The molecule has 0 radical (unpaired) electrons. The minimum absolute atomic E-state index is 0.378. The number of allylic oxidation sites excluding steroid dienone is 6. The van der Waals surface area contributed by atoms with Gasteiger partial charge in [-0.1, -0.05) is 45.1 Å². The van der Waals surface area contributed by atoms with Gasteiger partial charge in [0.1, 0.15) is 0 Å². The number of rotatable bonds is 1. The van der Waals surface area contributed by atoms with Crippen LogP contribution in [-0.4, -0.2) is 13.2 Å². The Morgan fingerprint density at radius 1 is 1.06 bits per heavy atom. The molecule has 1 rings (SSSR count). The third kappa shape index (κ3) is 2.94. The molecule has 0 aliphatic heterocycles.